The Hall–Kier alpha value is -2.57. The minimum atomic E-state index is -0.485. The molecule has 0 radical (unpaired) electrons. The van der Waals surface area contributed by atoms with Crippen molar-refractivity contribution in [2.45, 2.75) is 12.8 Å². The van der Waals surface area contributed by atoms with E-state index in [1.54, 1.807) is 24.3 Å². The van der Waals surface area contributed by atoms with Gasteiger partial charge in [0.15, 0.2) is 0 Å². The fraction of sp³-hybridized carbons (Fsp3) is 0.308. The maximum atomic E-state index is 11.7. The lowest BCUT2D eigenvalue weighted by molar-refractivity contribution is -0.142. The quantitative estimate of drug-likeness (QED) is 0.602. The van der Waals surface area contributed by atoms with Crippen molar-refractivity contribution in [2.75, 3.05) is 14.2 Å². The van der Waals surface area contributed by atoms with E-state index >= 15 is 0 Å². The van der Waals surface area contributed by atoms with Gasteiger partial charge in [0.2, 0.25) is 5.91 Å². The van der Waals surface area contributed by atoms with Gasteiger partial charge in [-0.3, -0.25) is 25.2 Å². The molecule has 108 valence electrons. The average Bonchev–Trinajstić information content (AvgIpc) is 2.50. The minimum absolute atomic E-state index is 0.0409. The van der Waals surface area contributed by atoms with Crippen molar-refractivity contribution >= 4 is 17.8 Å². The molecule has 0 fully saturated rings. The molecule has 2 N–H and O–H groups in total. The van der Waals surface area contributed by atoms with Gasteiger partial charge in [-0.25, -0.2) is 0 Å². The van der Waals surface area contributed by atoms with Gasteiger partial charge in [-0.1, -0.05) is 0 Å². The number of carbonyl (C=O) groups is 3. The predicted octanol–water partition coefficient (Wildman–Crippen LogP) is 0.409. The van der Waals surface area contributed by atoms with E-state index in [4.69, 9.17) is 4.74 Å². The van der Waals surface area contributed by atoms with Crippen molar-refractivity contribution in [2.24, 2.45) is 0 Å². The smallest absolute Gasteiger partial charge is 0.306 e. The lowest BCUT2D eigenvalue weighted by atomic mass is 10.2. The highest BCUT2D eigenvalue weighted by molar-refractivity contribution is 5.95. The Kier molecular flexibility index (Phi) is 6.02. The van der Waals surface area contributed by atoms with Gasteiger partial charge < -0.3 is 9.47 Å². The van der Waals surface area contributed by atoms with Crippen molar-refractivity contribution < 1.29 is 23.9 Å². The summed E-state index contributed by atoms with van der Waals surface area (Å²) in [7, 11) is 2.77. The van der Waals surface area contributed by atoms with Crippen LogP contribution in [0.15, 0.2) is 24.3 Å². The molecule has 0 aliphatic carbocycles. The zero-order valence-electron chi connectivity index (χ0n) is 11.3. The number of esters is 1. The molecule has 0 saturated heterocycles. The molecule has 20 heavy (non-hydrogen) atoms. The zero-order valence-corrected chi connectivity index (χ0v) is 11.3. The maximum absolute atomic E-state index is 11.7. The molecule has 1 rings (SSSR count). The van der Waals surface area contributed by atoms with Gasteiger partial charge in [0, 0.05) is 12.0 Å². The van der Waals surface area contributed by atoms with Crippen molar-refractivity contribution in [3.8, 4) is 5.75 Å². The first-order valence-corrected chi connectivity index (χ1v) is 5.87. The summed E-state index contributed by atoms with van der Waals surface area (Å²) in [6, 6.07) is 6.39. The maximum Gasteiger partial charge on any atom is 0.306 e. The molecule has 0 heterocycles. The number of ether oxygens (including phenoxy) is 2. The summed E-state index contributed by atoms with van der Waals surface area (Å²) in [6.07, 6.45) is -0.101. The summed E-state index contributed by atoms with van der Waals surface area (Å²) in [5.41, 5.74) is 4.83. The minimum Gasteiger partial charge on any atom is -0.497 e. The fourth-order valence-electron chi connectivity index (χ4n) is 1.32. The molecule has 0 saturated carbocycles. The van der Waals surface area contributed by atoms with Crippen molar-refractivity contribution in [1.82, 2.24) is 10.9 Å². The Morgan fingerprint density at radius 1 is 1.00 bits per heavy atom. The Bertz CT molecular complexity index is 484. The van der Waals surface area contributed by atoms with Gasteiger partial charge >= 0.3 is 5.97 Å². The molecular formula is C13H16N2O5. The van der Waals surface area contributed by atoms with E-state index in [2.05, 4.69) is 15.6 Å². The van der Waals surface area contributed by atoms with Crippen molar-refractivity contribution in [3.05, 3.63) is 29.8 Å². The van der Waals surface area contributed by atoms with Crippen LogP contribution in [0.1, 0.15) is 23.2 Å². The van der Waals surface area contributed by atoms with Gasteiger partial charge in [-0.05, 0) is 24.3 Å². The van der Waals surface area contributed by atoms with Crippen LogP contribution in [0.4, 0.5) is 0 Å². The number of carbonyl (C=O) groups excluding carboxylic acids is 3. The number of rotatable bonds is 5. The van der Waals surface area contributed by atoms with E-state index in [1.165, 1.54) is 14.2 Å². The summed E-state index contributed by atoms with van der Waals surface area (Å²) >= 11 is 0. The number of benzene rings is 1. The Morgan fingerprint density at radius 2 is 1.65 bits per heavy atom. The molecule has 0 spiro atoms. The molecule has 0 bridgehead atoms. The van der Waals surface area contributed by atoms with Crippen LogP contribution in [0.3, 0.4) is 0 Å². The van der Waals surface area contributed by atoms with E-state index in [0.29, 0.717) is 11.3 Å². The number of hydrazine groups is 1. The monoisotopic (exact) mass is 280 g/mol. The number of amides is 2. The van der Waals surface area contributed by atoms with Crippen LogP contribution in [0.25, 0.3) is 0 Å². The average molecular weight is 280 g/mol. The van der Waals surface area contributed by atoms with E-state index in [9.17, 15) is 14.4 Å². The third-order valence-electron chi connectivity index (χ3n) is 2.45. The van der Waals surface area contributed by atoms with Gasteiger partial charge in [-0.2, -0.15) is 0 Å². The van der Waals surface area contributed by atoms with Gasteiger partial charge in [-0.15, -0.1) is 0 Å². The number of nitrogens with one attached hydrogen (secondary N) is 2. The highest BCUT2D eigenvalue weighted by Crippen LogP contribution is 2.10. The second kappa shape index (κ2) is 7.78. The number of hydrogen-bond acceptors (Lipinski definition) is 5. The third-order valence-corrected chi connectivity index (χ3v) is 2.45. The standard InChI is InChI=1S/C13H16N2O5/c1-19-10-5-3-9(4-6-10)13(18)15-14-11(16)7-8-12(17)20-2/h3-6H,7-8H2,1-2H3,(H,14,16)(H,15,18). The lowest BCUT2D eigenvalue weighted by Gasteiger charge is -2.07. The SMILES string of the molecule is COC(=O)CCC(=O)NNC(=O)c1ccc(OC)cc1. The van der Waals surface area contributed by atoms with Crippen LogP contribution < -0.4 is 15.6 Å². The number of hydrogen-bond donors (Lipinski definition) is 2. The van der Waals surface area contributed by atoms with E-state index in [0.717, 1.165) is 0 Å². The van der Waals surface area contributed by atoms with E-state index < -0.39 is 17.8 Å². The van der Waals surface area contributed by atoms with Gasteiger partial charge in [0.05, 0.1) is 20.6 Å². The second-order valence-electron chi connectivity index (χ2n) is 3.81. The summed E-state index contributed by atoms with van der Waals surface area (Å²) in [4.78, 5) is 33.9. The summed E-state index contributed by atoms with van der Waals surface area (Å²) in [5, 5.41) is 0. The summed E-state index contributed by atoms with van der Waals surface area (Å²) in [5.74, 6) is -0.790. The van der Waals surface area contributed by atoms with Crippen LogP contribution in [0.5, 0.6) is 5.75 Å². The largest absolute Gasteiger partial charge is 0.497 e. The van der Waals surface area contributed by atoms with Crippen molar-refractivity contribution in [1.29, 1.82) is 0 Å². The first-order valence-electron chi connectivity index (χ1n) is 5.87. The highest BCUT2D eigenvalue weighted by Gasteiger charge is 2.09. The van der Waals surface area contributed by atoms with Crippen LogP contribution in [-0.4, -0.2) is 32.0 Å². The number of methoxy groups -OCH3 is 2. The Morgan fingerprint density at radius 3 is 2.20 bits per heavy atom. The Labute approximate surface area is 116 Å². The summed E-state index contributed by atoms with van der Waals surface area (Å²) in [6.45, 7) is 0. The molecule has 0 atom stereocenters. The zero-order chi connectivity index (χ0) is 15.0. The molecule has 0 aromatic heterocycles. The molecule has 1 aromatic rings. The molecule has 0 aliphatic heterocycles. The Balaban J connectivity index is 2.38. The van der Waals surface area contributed by atoms with Crippen LogP contribution in [-0.2, 0) is 14.3 Å². The molecular weight excluding hydrogens is 264 g/mol. The second-order valence-corrected chi connectivity index (χ2v) is 3.81. The van der Waals surface area contributed by atoms with E-state index in [1.807, 2.05) is 0 Å². The first-order chi connectivity index (χ1) is 9.56. The van der Waals surface area contributed by atoms with Gasteiger partial charge in [0.25, 0.3) is 5.91 Å². The van der Waals surface area contributed by atoms with Crippen LogP contribution >= 0.6 is 0 Å². The molecule has 2 amide bonds. The third kappa shape index (κ3) is 4.97. The topological polar surface area (TPSA) is 93.7 Å². The van der Waals surface area contributed by atoms with Crippen LogP contribution in [0, 0.1) is 0 Å². The highest BCUT2D eigenvalue weighted by atomic mass is 16.5. The lowest BCUT2D eigenvalue weighted by Crippen LogP contribution is -2.41. The van der Waals surface area contributed by atoms with Gasteiger partial charge in [0.1, 0.15) is 5.75 Å². The fourth-order valence-corrected chi connectivity index (χ4v) is 1.32. The first kappa shape index (κ1) is 15.5. The van der Waals surface area contributed by atoms with E-state index in [-0.39, 0.29) is 12.8 Å². The van der Waals surface area contributed by atoms with Crippen LogP contribution in [0.2, 0.25) is 0 Å². The molecule has 7 heteroatoms. The van der Waals surface area contributed by atoms with Crippen molar-refractivity contribution in [3.63, 3.8) is 0 Å². The normalized spacial score (nSPS) is 9.50. The molecule has 0 aliphatic rings. The molecule has 0 unspecified atom stereocenters. The molecule has 7 nitrogen and oxygen atoms in total. The predicted molar refractivity (Wildman–Crippen MR) is 69.9 cm³/mol. The summed E-state index contributed by atoms with van der Waals surface area (Å²) < 4.78 is 9.37. The molecule has 1 aromatic carbocycles.